The monoisotopic (exact) mass is 374 g/mol. The molecule has 1 saturated carbocycles. The number of nitrogens with one attached hydrogen (secondary N) is 2. The van der Waals surface area contributed by atoms with E-state index in [4.69, 9.17) is 4.42 Å². The number of amides is 2. The van der Waals surface area contributed by atoms with Crippen molar-refractivity contribution in [1.82, 2.24) is 15.2 Å². The molecule has 1 aliphatic heterocycles. The molecule has 2 fully saturated rings. The van der Waals surface area contributed by atoms with Gasteiger partial charge in [-0.2, -0.15) is 0 Å². The van der Waals surface area contributed by atoms with Crippen molar-refractivity contribution in [3.8, 4) is 0 Å². The maximum atomic E-state index is 12.9. The Morgan fingerprint density at radius 3 is 2.69 bits per heavy atom. The van der Waals surface area contributed by atoms with Gasteiger partial charge in [0.15, 0.2) is 5.13 Å². The number of thiazole rings is 1. The number of nitrogens with zero attached hydrogens (tertiary/aromatic N) is 2. The Labute approximate surface area is 155 Å². The fraction of sp³-hybridized carbons (Fsp3) is 0.500. The van der Waals surface area contributed by atoms with Gasteiger partial charge in [-0.3, -0.25) is 9.59 Å². The molecule has 7 nitrogen and oxygen atoms in total. The van der Waals surface area contributed by atoms with Gasteiger partial charge in [-0.25, -0.2) is 4.98 Å². The van der Waals surface area contributed by atoms with E-state index in [1.165, 1.54) is 17.6 Å². The highest BCUT2D eigenvalue weighted by molar-refractivity contribution is 7.13. The van der Waals surface area contributed by atoms with Gasteiger partial charge in [0.25, 0.3) is 5.91 Å². The minimum atomic E-state index is -0.720. The fourth-order valence-corrected chi connectivity index (χ4v) is 3.95. The summed E-state index contributed by atoms with van der Waals surface area (Å²) in [7, 11) is 0. The minimum Gasteiger partial charge on any atom is -0.469 e. The number of carbonyl (C=O) groups is 2. The van der Waals surface area contributed by atoms with Crippen LogP contribution in [0, 0.1) is 6.92 Å². The summed E-state index contributed by atoms with van der Waals surface area (Å²) in [4.78, 5) is 31.7. The van der Waals surface area contributed by atoms with Crippen LogP contribution < -0.4 is 10.6 Å². The molecule has 8 heteroatoms. The lowest BCUT2D eigenvalue weighted by molar-refractivity contribution is -0.127. The Balaban J connectivity index is 1.48. The molecule has 2 aliphatic rings. The summed E-state index contributed by atoms with van der Waals surface area (Å²) in [5.74, 6) is 0.600. The molecule has 0 radical (unpaired) electrons. The molecule has 1 aliphatic carbocycles. The lowest BCUT2D eigenvalue weighted by Crippen LogP contribution is -2.59. The first-order chi connectivity index (χ1) is 12.6. The number of aryl methyl sites for hydroxylation is 1. The summed E-state index contributed by atoms with van der Waals surface area (Å²) in [6.07, 6.45) is 6.44. The molecule has 2 aromatic heterocycles. The average Bonchev–Trinajstić information content (AvgIpc) is 3.12. The summed E-state index contributed by atoms with van der Waals surface area (Å²) < 4.78 is 5.25. The van der Waals surface area contributed by atoms with Crippen molar-refractivity contribution in [3.63, 3.8) is 0 Å². The van der Waals surface area contributed by atoms with Gasteiger partial charge >= 0.3 is 0 Å². The number of likely N-dealkylation sites (tertiary alicyclic amines) is 1. The number of carbonyl (C=O) groups excluding carboxylic acids is 2. The molecule has 1 saturated heterocycles. The minimum absolute atomic E-state index is 0.0155. The second kappa shape index (κ2) is 6.75. The Hall–Kier alpha value is -2.35. The number of hydrogen-bond acceptors (Lipinski definition) is 6. The molecule has 0 aromatic carbocycles. The van der Waals surface area contributed by atoms with E-state index in [-0.39, 0.29) is 11.8 Å². The van der Waals surface area contributed by atoms with Crippen LogP contribution in [-0.2, 0) is 4.79 Å². The summed E-state index contributed by atoms with van der Waals surface area (Å²) in [6.45, 7) is 2.81. The van der Waals surface area contributed by atoms with Crippen LogP contribution in [0.2, 0.25) is 0 Å². The third-order valence-corrected chi connectivity index (χ3v) is 5.81. The molecule has 4 rings (SSSR count). The zero-order valence-corrected chi connectivity index (χ0v) is 15.5. The van der Waals surface area contributed by atoms with Gasteiger partial charge in [0.2, 0.25) is 5.91 Å². The molecule has 2 N–H and O–H groups in total. The first-order valence-corrected chi connectivity index (χ1v) is 9.77. The van der Waals surface area contributed by atoms with E-state index in [0.29, 0.717) is 43.3 Å². The SMILES string of the molecule is Cc1occc1C(=O)N1CCC(Nc2nccs2)(C(=O)NC2CC2)CC1. The van der Waals surface area contributed by atoms with Crippen molar-refractivity contribution < 1.29 is 14.0 Å². The highest BCUT2D eigenvalue weighted by atomic mass is 32.1. The molecule has 0 bridgehead atoms. The summed E-state index contributed by atoms with van der Waals surface area (Å²) in [5, 5.41) is 9.09. The van der Waals surface area contributed by atoms with E-state index in [1.54, 1.807) is 24.1 Å². The molecule has 0 unspecified atom stereocenters. The van der Waals surface area contributed by atoms with E-state index in [1.807, 2.05) is 5.38 Å². The molecule has 3 heterocycles. The number of furan rings is 1. The predicted octanol–water partition coefficient (Wildman–Crippen LogP) is 2.41. The van der Waals surface area contributed by atoms with Gasteiger partial charge in [-0.05, 0) is 38.7 Å². The molecule has 2 amide bonds. The van der Waals surface area contributed by atoms with Gasteiger partial charge in [0.05, 0.1) is 11.8 Å². The number of piperidine rings is 1. The molecular formula is C18H22N4O3S. The Morgan fingerprint density at radius 1 is 1.35 bits per heavy atom. The van der Waals surface area contributed by atoms with Crippen LogP contribution in [0.15, 0.2) is 28.3 Å². The van der Waals surface area contributed by atoms with Crippen LogP contribution in [-0.4, -0.2) is 46.4 Å². The van der Waals surface area contributed by atoms with Gasteiger partial charge < -0.3 is 20.0 Å². The lowest BCUT2D eigenvalue weighted by atomic mass is 9.86. The zero-order valence-electron chi connectivity index (χ0n) is 14.7. The van der Waals surface area contributed by atoms with Crippen molar-refractivity contribution in [2.24, 2.45) is 0 Å². The van der Waals surface area contributed by atoms with Crippen LogP contribution in [0.1, 0.15) is 41.8 Å². The van der Waals surface area contributed by atoms with Crippen molar-refractivity contribution >= 4 is 28.3 Å². The maximum Gasteiger partial charge on any atom is 0.257 e. The van der Waals surface area contributed by atoms with Crippen molar-refractivity contribution in [2.45, 2.75) is 44.2 Å². The van der Waals surface area contributed by atoms with Crippen molar-refractivity contribution in [1.29, 1.82) is 0 Å². The van der Waals surface area contributed by atoms with E-state index < -0.39 is 5.54 Å². The number of aromatic nitrogens is 1. The summed E-state index contributed by atoms with van der Waals surface area (Å²) in [6, 6.07) is 2.00. The van der Waals surface area contributed by atoms with Gasteiger partial charge in [-0.15, -0.1) is 11.3 Å². The smallest absolute Gasteiger partial charge is 0.257 e. The van der Waals surface area contributed by atoms with Crippen LogP contribution in [0.3, 0.4) is 0 Å². The highest BCUT2D eigenvalue weighted by Crippen LogP contribution is 2.31. The second-order valence-corrected chi connectivity index (χ2v) is 7.87. The van der Waals surface area contributed by atoms with Crippen LogP contribution in [0.4, 0.5) is 5.13 Å². The van der Waals surface area contributed by atoms with Crippen LogP contribution in [0.5, 0.6) is 0 Å². The van der Waals surface area contributed by atoms with E-state index in [9.17, 15) is 9.59 Å². The Bertz CT molecular complexity index is 789. The molecule has 138 valence electrons. The molecule has 26 heavy (non-hydrogen) atoms. The second-order valence-electron chi connectivity index (χ2n) is 6.97. The fourth-order valence-electron chi connectivity index (χ4n) is 3.32. The number of rotatable bonds is 5. The molecule has 0 atom stereocenters. The molecule has 2 aromatic rings. The lowest BCUT2D eigenvalue weighted by Gasteiger charge is -2.41. The summed E-state index contributed by atoms with van der Waals surface area (Å²) >= 11 is 1.48. The van der Waals surface area contributed by atoms with Gasteiger partial charge in [-0.1, -0.05) is 0 Å². The first-order valence-electron chi connectivity index (χ1n) is 8.89. The van der Waals surface area contributed by atoms with E-state index in [0.717, 1.165) is 18.0 Å². The van der Waals surface area contributed by atoms with Crippen molar-refractivity contribution in [3.05, 3.63) is 35.2 Å². The van der Waals surface area contributed by atoms with Gasteiger partial charge in [0, 0.05) is 30.7 Å². The summed E-state index contributed by atoms with van der Waals surface area (Å²) in [5.41, 5.74) is -0.129. The average molecular weight is 374 g/mol. The van der Waals surface area contributed by atoms with Gasteiger partial charge in [0.1, 0.15) is 11.3 Å². The first kappa shape index (κ1) is 17.1. The van der Waals surface area contributed by atoms with Crippen LogP contribution in [0.25, 0.3) is 0 Å². The molecular weight excluding hydrogens is 352 g/mol. The maximum absolute atomic E-state index is 12.9. The third kappa shape index (κ3) is 3.33. The Kier molecular flexibility index (Phi) is 4.44. The standard InChI is InChI=1S/C18H22N4O3S/c1-12-14(4-10-25-12)15(23)22-8-5-18(6-9-22,16(24)20-13-2-3-13)21-17-19-7-11-26-17/h4,7,10-11,13H,2-3,5-6,8-9H2,1H3,(H,19,21)(H,20,24). The number of anilines is 1. The van der Waals surface area contributed by atoms with Crippen molar-refractivity contribution in [2.75, 3.05) is 18.4 Å². The van der Waals surface area contributed by atoms with E-state index in [2.05, 4.69) is 15.6 Å². The zero-order chi connectivity index (χ0) is 18.1. The predicted molar refractivity (Wildman–Crippen MR) is 98.2 cm³/mol. The number of hydrogen-bond donors (Lipinski definition) is 2. The Morgan fingerprint density at radius 2 is 2.12 bits per heavy atom. The quantitative estimate of drug-likeness (QED) is 0.839. The van der Waals surface area contributed by atoms with E-state index >= 15 is 0 Å². The topological polar surface area (TPSA) is 87.5 Å². The normalized spacial score (nSPS) is 19.2. The third-order valence-electron chi connectivity index (χ3n) is 5.12. The highest BCUT2D eigenvalue weighted by Gasteiger charge is 2.44. The van der Waals surface area contributed by atoms with Crippen LogP contribution >= 0.6 is 11.3 Å². The molecule has 0 spiro atoms. The largest absolute Gasteiger partial charge is 0.469 e.